The Morgan fingerprint density at radius 3 is 2.54 bits per heavy atom. The molecular weight excluding hydrogens is 427 g/mol. The van der Waals surface area contributed by atoms with E-state index in [1.54, 1.807) is 0 Å². The molecule has 0 aromatic heterocycles. The van der Waals surface area contributed by atoms with Gasteiger partial charge < -0.3 is 9.74 Å². The van der Waals surface area contributed by atoms with Crippen molar-refractivity contribution in [3.8, 4) is 0 Å². The minimum Gasteiger partial charge on any atom is -0.392 e. The molecule has 1 amide bonds. The smallest absolute Gasteiger partial charge is 0.256 e. The van der Waals surface area contributed by atoms with Gasteiger partial charge in [-0.25, -0.2) is 0 Å². The number of rotatable bonds is 7. The average molecular weight is 446 g/mol. The minimum absolute atomic E-state index is 0.130. The molecule has 150 valence electrons. The van der Waals surface area contributed by atoms with E-state index < -0.39 is 23.4 Å². The summed E-state index contributed by atoms with van der Waals surface area (Å²) >= 11 is 17.3. The maximum atomic E-state index is 12.7. The number of nitrogens with zero attached hydrogens (tertiary/aromatic N) is 2. The van der Waals surface area contributed by atoms with Gasteiger partial charge in [-0.15, -0.1) is 0 Å². The average Bonchev–Trinajstić information content (AvgIpc) is 2.64. The SMILES string of the molecule is CCCC(=NOC/C=C/Cl)C1C(=O)CN(C(=O)c2ccc(Cl)cc2Cl)CC1=O. The van der Waals surface area contributed by atoms with Crippen LogP contribution in [0, 0.1) is 5.92 Å². The van der Waals surface area contributed by atoms with Crippen LogP contribution in [0.2, 0.25) is 10.0 Å². The summed E-state index contributed by atoms with van der Waals surface area (Å²) < 4.78 is 0. The zero-order valence-corrected chi connectivity index (χ0v) is 17.4. The van der Waals surface area contributed by atoms with Gasteiger partial charge in [0.05, 0.1) is 29.4 Å². The molecule has 2 rings (SSSR count). The van der Waals surface area contributed by atoms with E-state index in [0.717, 1.165) is 0 Å². The molecule has 0 bridgehead atoms. The second-order valence-corrected chi connectivity index (χ2v) is 7.24. The topological polar surface area (TPSA) is 76.0 Å². The van der Waals surface area contributed by atoms with E-state index in [9.17, 15) is 14.4 Å². The molecule has 9 heteroatoms. The standard InChI is InChI=1S/C19H19Cl3N2O4/c1-2-4-15(23-28-8-3-7-20)18-16(25)10-24(11-17(18)26)19(27)13-6-5-12(21)9-14(13)22/h3,5-7,9,18H,2,4,8,10-11H2,1H3/b7-3+,23-15?. The lowest BCUT2D eigenvalue weighted by Crippen LogP contribution is -2.52. The lowest BCUT2D eigenvalue weighted by molar-refractivity contribution is -0.134. The maximum absolute atomic E-state index is 12.7. The molecule has 1 aromatic carbocycles. The molecule has 28 heavy (non-hydrogen) atoms. The van der Waals surface area contributed by atoms with Crippen LogP contribution in [0.25, 0.3) is 0 Å². The van der Waals surface area contributed by atoms with E-state index in [2.05, 4.69) is 5.16 Å². The first-order chi connectivity index (χ1) is 13.4. The fourth-order valence-electron chi connectivity index (χ4n) is 2.84. The fraction of sp³-hybridized carbons (Fsp3) is 0.368. The van der Waals surface area contributed by atoms with Crippen LogP contribution in [0.1, 0.15) is 30.1 Å². The summed E-state index contributed by atoms with van der Waals surface area (Å²) in [5.74, 6) is -2.32. The Kier molecular flexibility index (Phi) is 8.48. The lowest BCUT2D eigenvalue weighted by Gasteiger charge is -2.30. The van der Waals surface area contributed by atoms with Crippen molar-refractivity contribution in [3.05, 3.63) is 45.4 Å². The first-order valence-corrected chi connectivity index (χ1v) is 9.82. The molecule has 0 aliphatic carbocycles. The molecule has 0 spiro atoms. The Morgan fingerprint density at radius 1 is 1.29 bits per heavy atom. The highest BCUT2D eigenvalue weighted by atomic mass is 35.5. The number of hydrogen-bond acceptors (Lipinski definition) is 5. The number of likely N-dealkylation sites (tertiary alicyclic amines) is 1. The number of ketones is 2. The highest BCUT2D eigenvalue weighted by Gasteiger charge is 2.39. The first kappa shape index (κ1) is 22.4. The van der Waals surface area contributed by atoms with Crippen LogP contribution < -0.4 is 0 Å². The van der Waals surface area contributed by atoms with Gasteiger partial charge in [-0.2, -0.15) is 0 Å². The predicted octanol–water partition coefficient (Wildman–Crippen LogP) is 4.13. The van der Waals surface area contributed by atoms with Crippen LogP contribution in [0.4, 0.5) is 0 Å². The summed E-state index contributed by atoms with van der Waals surface area (Å²) in [7, 11) is 0. The van der Waals surface area contributed by atoms with E-state index in [-0.39, 0.29) is 30.3 Å². The summed E-state index contributed by atoms with van der Waals surface area (Å²) in [6.45, 7) is 1.62. The zero-order valence-electron chi connectivity index (χ0n) is 15.2. The minimum atomic E-state index is -1.01. The molecule has 0 atom stereocenters. The van der Waals surface area contributed by atoms with Crippen molar-refractivity contribution < 1.29 is 19.2 Å². The van der Waals surface area contributed by atoms with Crippen molar-refractivity contribution in [2.24, 2.45) is 11.1 Å². The summed E-state index contributed by atoms with van der Waals surface area (Å²) in [5.41, 5.74) is 1.83. The largest absolute Gasteiger partial charge is 0.392 e. The summed E-state index contributed by atoms with van der Waals surface area (Å²) in [6, 6.07) is 4.43. The van der Waals surface area contributed by atoms with Crippen molar-refractivity contribution in [2.45, 2.75) is 19.8 Å². The van der Waals surface area contributed by atoms with E-state index in [4.69, 9.17) is 39.6 Å². The molecule has 0 N–H and O–H groups in total. The molecule has 1 saturated heterocycles. The maximum Gasteiger partial charge on any atom is 0.256 e. The second-order valence-electron chi connectivity index (χ2n) is 6.14. The van der Waals surface area contributed by atoms with Crippen molar-refractivity contribution >= 4 is 58.0 Å². The third-order valence-electron chi connectivity index (χ3n) is 4.07. The second kappa shape index (κ2) is 10.6. The number of benzene rings is 1. The van der Waals surface area contributed by atoms with Crippen molar-refractivity contribution in [1.82, 2.24) is 4.90 Å². The van der Waals surface area contributed by atoms with Gasteiger partial charge >= 0.3 is 0 Å². The van der Waals surface area contributed by atoms with E-state index in [0.29, 0.717) is 23.6 Å². The molecule has 0 radical (unpaired) electrons. The zero-order chi connectivity index (χ0) is 20.7. The number of Topliss-reactive ketones (excluding diaryl/α,β-unsaturated/α-hetero) is 2. The van der Waals surface area contributed by atoms with Gasteiger partial charge in [0.2, 0.25) is 0 Å². The summed E-state index contributed by atoms with van der Waals surface area (Å²) in [5, 5.41) is 4.50. The fourth-order valence-corrected chi connectivity index (χ4v) is 3.40. The van der Waals surface area contributed by atoms with Crippen LogP contribution in [-0.4, -0.2) is 47.8 Å². The molecule has 1 aromatic rings. The number of hydrogen-bond donors (Lipinski definition) is 0. The van der Waals surface area contributed by atoms with E-state index >= 15 is 0 Å². The Morgan fingerprint density at radius 2 is 1.96 bits per heavy atom. The molecule has 0 saturated carbocycles. The van der Waals surface area contributed by atoms with Crippen LogP contribution in [0.15, 0.2) is 35.0 Å². The molecule has 1 fully saturated rings. The van der Waals surface area contributed by atoms with Gasteiger partial charge in [0.25, 0.3) is 5.91 Å². The van der Waals surface area contributed by atoms with Gasteiger partial charge in [-0.3, -0.25) is 14.4 Å². The first-order valence-electron chi connectivity index (χ1n) is 8.62. The normalized spacial score (nSPS) is 16.1. The number of halogens is 3. The van der Waals surface area contributed by atoms with Crippen molar-refractivity contribution in [2.75, 3.05) is 19.7 Å². The molecule has 0 unspecified atom stereocenters. The molecule has 1 heterocycles. The van der Waals surface area contributed by atoms with E-state index in [1.807, 2.05) is 6.92 Å². The number of amides is 1. The summed E-state index contributed by atoms with van der Waals surface area (Å²) in [6.07, 6.45) is 2.66. The van der Waals surface area contributed by atoms with E-state index in [1.165, 1.54) is 34.7 Å². The molecule has 6 nitrogen and oxygen atoms in total. The summed E-state index contributed by atoms with van der Waals surface area (Å²) in [4.78, 5) is 44.3. The third kappa shape index (κ3) is 5.56. The highest BCUT2D eigenvalue weighted by Crippen LogP contribution is 2.24. The predicted molar refractivity (Wildman–Crippen MR) is 109 cm³/mol. The number of carbonyl (C=O) groups excluding carboxylic acids is 3. The number of carbonyl (C=O) groups is 3. The monoisotopic (exact) mass is 444 g/mol. The van der Waals surface area contributed by atoms with Crippen LogP contribution in [-0.2, 0) is 14.4 Å². The molecule has 1 aliphatic heterocycles. The quantitative estimate of drug-likeness (QED) is 0.274. The third-order valence-corrected chi connectivity index (χ3v) is 4.79. The lowest BCUT2D eigenvalue weighted by atomic mass is 9.87. The van der Waals surface area contributed by atoms with Crippen LogP contribution in [0.3, 0.4) is 0 Å². The Labute approximate surface area is 178 Å². The van der Waals surface area contributed by atoms with Crippen LogP contribution >= 0.6 is 34.8 Å². The Bertz CT molecular complexity index is 805. The Balaban J connectivity index is 2.17. The van der Waals surface area contributed by atoms with Gasteiger partial charge in [0.1, 0.15) is 12.5 Å². The van der Waals surface area contributed by atoms with Gasteiger partial charge in [0, 0.05) is 10.6 Å². The number of piperidine rings is 1. The molecule has 1 aliphatic rings. The number of oxime groups is 1. The van der Waals surface area contributed by atoms with Gasteiger partial charge in [-0.1, -0.05) is 53.3 Å². The van der Waals surface area contributed by atoms with Crippen molar-refractivity contribution in [3.63, 3.8) is 0 Å². The Hall–Kier alpha value is -1.89. The van der Waals surface area contributed by atoms with Gasteiger partial charge in [0.15, 0.2) is 11.6 Å². The van der Waals surface area contributed by atoms with Gasteiger partial charge in [-0.05, 0) is 30.7 Å². The highest BCUT2D eigenvalue weighted by molar-refractivity contribution is 6.37. The molecular formula is C19H19Cl3N2O4. The van der Waals surface area contributed by atoms with Crippen molar-refractivity contribution in [1.29, 1.82) is 0 Å². The van der Waals surface area contributed by atoms with Crippen LogP contribution in [0.5, 0.6) is 0 Å².